The molecule has 0 aliphatic carbocycles. The SMILES string of the molecule is CC1CCN(c2ccc(NC(=O)COc3ccc(F)c(F)c3)cc2)CC1. The van der Waals surface area contributed by atoms with Crippen molar-refractivity contribution in [2.24, 2.45) is 5.92 Å². The molecular formula is C20H22F2N2O2. The van der Waals surface area contributed by atoms with Crippen LogP contribution in [0.25, 0.3) is 0 Å². The Morgan fingerprint density at radius 1 is 1.12 bits per heavy atom. The van der Waals surface area contributed by atoms with Crippen LogP contribution in [0.15, 0.2) is 42.5 Å². The van der Waals surface area contributed by atoms with Crippen molar-refractivity contribution in [1.29, 1.82) is 0 Å². The van der Waals surface area contributed by atoms with Crippen molar-refractivity contribution >= 4 is 17.3 Å². The Morgan fingerprint density at radius 2 is 1.81 bits per heavy atom. The second-order valence-corrected chi connectivity index (χ2v) is 6.63. The smallest absolute Gasteiger partial charge is 0.262 e. The van der Waals surface area contributed by atoms with Crippen LogP contribution in [0.5, 0.6) is 5.75 Å². The molecule has 6 heteroatoms. The van der Waals surface area contributed by atoms with Gasteiger partial charge in [0, 0.05) is 30.5 Å². The molecular weight excluding hydrogens is 338 g/mol. The van der Waals surface area contributed by atoms with E-state index in [2.05, 4.69) is 17.1 Å². The summed E-state index contributed by atoms with van der Waals surface area (Å²) in [5.74, 6) is -1.45. The van der Waals surface area contributed by atoms with Gasteiger partial charge < -0.3 is 15.0 Å². The zero-order valence-electron chi connectivity index (χ0n) is 14.7. The second kappa shape index (κ2) is 8.17. The summed E-state index contributed by atoms with van der Waals surface area (Å²) >= 11 is 0. The van der Waals surface area contributed by atoms with E-state index in [4.69, 9.17) is 4.74 Å². The maximum Gasteiger partial charge on any atom is 0.262 e. The fraction of sp³-hybridized carbons (Fsp3) is 0.350. The summed E-state index contributed by atoms with van der Waals surface area (Å²) in [5, 5.41) is 2.73. The molecule has 1 heterocycles. The van der Waals surface area contributed by atoms with Crippen molar-refractivity contribution in [3.8, 4) is 5.75 Å². The first-order valence-electron chi connectivity index (χ1n) is 8.74. The van der Waals surface area contributed by atoms with Crippen LogP contribution in [-0.2, 0) is 4.79 Å². The van der Waals surface area contributed by atoms with Crippen LogP contribution >= 0.6 is 0 Å². The number of halogens is 2. The number of piperidine rings is 1. The molecule has 4 nitrogen and oxygen atoms in total. The van der Waals surface area contributed by atoms with E-state index in [1.54, 1.807) is 0 Å². The number of amides is 1. The Bertz CT molecular complexity index is 757. The molecule has 0 spiro atoms. The highest BCUT2D eigenvalue weighted by molar-refractivity contribution is 5.92. The number of nitrogens with zero attached hydrogens (tertiary/aromatic N) is 1. The average Bonchev–Trinajstić information content (AvgIpc) is 2.64. The number of hydrogen-bond donors (Lipinski definition) is 1. The van der Waals surface area contributed by atoms with Crippen LogP contribution in [0, 0.1) is 17.6 Å². The van der Waals surface area contributed by atoms with Gasteiger partial charge in [-0.25, -0.2) is 8.78 Å². The maximum absolute atomic E-state index is 13.1. The first-order valence-corrected chi connectivity index (χ1v) is 8.74. The summed E-state index contributed by atoms with van der Waals surface area (Å²) in [6.07, 6.45) is 2.39. The predicted octanol–water partition coefficient (Wildman–Crippen LogP) is 4.22. The molecule has 0 atom stereocenters. The van der Waals surface area contributed by atoms with Crippen LogP contribution in [0.2, 0.25) is 0 Å². The molecule has 138 valence electrons. The van der Waals surface area contributed by atoms with Gasteiger partial charge in [-0.05, 0) is 55.2 Å². The lowest BCUT2D eigenvalue weighted by Gasteiger charge is -2.32. The lowest BCUT2D eigenvalue weighted by molar-refractivity contribution is -0.118. The van der Waals surface area contributed by atoms with Crippen molar-refractivity contribution < 1.29 is 18.3 Å². The van der Waals surface area contributed by atoms with Gasteiger partial charge in [0.2, 0.25) is 0 Å². The molecule has 1 aliphatic rings. The van der Waals surface area contributed by atoms with Gasteiger partial charge in [0.25, 0.3) is 5.91 Å². The average molecular weight is 360 g/mol. The van der Waals surface area contributed by atoms with Crippen molar-refractivity contribution in [3.63, 3.8) is 0 Å². The third-order valence-electron chi connectivity index (χ3n) is 4.56. The molecule has 0 aromatic heterocycles. The second-order valence-electron chi connectivity index (χ2n) is 6.63. The van der Waals surface area contributed by atoms with Crippen LogP contribution in [-0.4, -0.2) is 25.6 Å². The molecule has 0 bridgehead atoms. The molecule has 26 heavy (non-hydrogen) atoms. The van der Waals surface area contributed by atoms with Gasteiger partial charge in [-0.1, -0.05) is 6.92 Å². The molecule has 0 unspecified atom stereocenters. The van der Waals surface area contributed by atoms with E-state index in [1.165, 1.54) is 18.9 Å². The predicted molar refractivity (Wildman–Crippen MR) is 97.5 cm³/mol. The van der Waals surface area contributed by atoms with Gasteiger partial charge >= 0.3 is 0 Å². The van der Waals surface area contributed by atoms with E-state index < -0.39 is 11.6 Å². The molecule has 1 amide bonds. The van der Waals surface area contributed by atoms with Crippen molar-refractivity contribution in [2.75, 3.05) is 29.9 Å². The highest BCUT2D eigenvalue weighted by Crippen LogP contribution is 2.24. The summed E-state index contributed by atoms with van der Waals surface area (Å²) in [5.41, 5.74) is 1.81. The number of rotatable bonds is 5. The summed E-state index contributed by atoms with van der Waals surface area (Å²) in [6.45, 7) is 4.10. The molecule has 0 saturated carbocycles. The molecule has 1 N–H and O–H groups in total. The zero-order chi connectivity index (χ0) is 18.5. The van der Waals surface area contributed by atoms with Crippen LogP contribution in [0.1, 0.15) is 19.8 Å². The van der Waals surface area contributed by atoms with Crippen molar-refractivity contribution in [3.05, 3.63) is 54.1 Å². The lowest BCUT2D eigenvalue weighted by atomic mass is 9.99. The van der Waals surface area contributed by atoms with Crippen LogP contribution in [0.4, 0.5) is 20.2 Å². The topological polar surface area (TPSA) is 41.6 Å². The van der Waals surface area contributed by atoms with E-state index in [9.17, 15) is 13.6 Å². The number of ether oxygens (including phenoxy) is 1. The Balaban J connectivity index is 1.50. The number of anilines is 2. The number of benzene rings is 2. The monoisotopic (exact) mass is 360 g/mol. The minimum atomic E-state index is -1.01. The summed E-state index contributed by atoms with van der Waals surface area (Å²) in [6, 6.07) is 10.8. The highest BCUT2D eigenvalue weighted by Gasteiger charge is 2.16. The number of carbonyl (C=O) groups excluding carboxylic acids is 1. The van der Waals surface area contributed by atoms with Crippen molar-refractivity contribution in [2.45, 2.75) is 19.8 Å². The standard InChI is InChI=1S/C20H22F2N2O2/c1-14-8-10-24(11-9-14)16-4-2-15(3-5-16)23-20(25)13-26-17-6-7-18(21)19(22)12-17/h2-7,12,14H,8-11,13H2,1H3,(H,23,25). The maximum atomic E-state index is 13.1. The third kappa shape index (κ3) is 4.71. The molecule has 2 aromatic carbocycles. The summed E-state index contributed by atoms with van der Waals surface area (Å²) in [4.78, 5) is 14.3. The van der Waals surface area contributed by atoms with Crippen LogP contribution < -0.4 is 15.0 Å². The van der Waals surface area contributed by atoms with Gasteiger partial charge in [-0.15, -0.1) is 0 Å². The first kappa shape index (κ1) is 18.2. The summed E-state index contributed by atoms with van der Waals surface area (Å²) < 4.78 is 31.1. The quantitative estimate of drug-likeness (QED) is 0.868. The van der Waals surface area contributed by atoms with E-state index in [0.29, 0.717) is 5.69 Å². The van der Waals surface area contributed by atoms with E-state index >= 15 is 0 Å². The Hall–Kier alpha value is -2.63. The lowest BCUT2D eigenvalue weighted by Crippen LogP contribution is -2.32. The molecule has 1 fully saturated rings. The third-order valence-corrected chi connectivity index (χ3v) is 4.56. The molecule has 2 aromatic rings. The van der Waals surface area contributed by atoms with Gasteiger partial charge in [0.15, 0.2) is 18.2 Å². The zero-order valence-corrected chi connectivity index (χ0v) is 14.7. The molecule has 0 radical (unpaired) electrons. The van der Waals surface area contributed by atoms with E-state index in [0.717, 1.165) is 36.8 Å². The number of nitrogens with one attached hydrogen (secondary N) is 1. The normalized spacial score (nSPS) is 15.0. The fourth-order valence-electron chi connectivity index (χ4n) is 2.93. The minimum absolute atomic E-state index is 0.105. The van der Waals surface area contributed by atoms with Gasteiger partial charge in [0.1, 0.15) is 5.75 Å². The Kier molecular flexibility index (Phi) is 5.71. The highest BCUT2D eigenvalue weighted by atomic mass is 19.2. The molecule has 1 saturated heterocycles. The van der Waals surface area contributed by atoms with Gasteiger partial charge in [-0.2, -0.15) is 0 Å². The van der Waals surface area contributed by atoms with Gasteiger partial charge in [-0.3, -0.25) is 4.79 Å². The van der Waals surface area contributed by atoms with Gasteiger partial charge in [0.05, 0.1) is 0 Å². The van der Waals surface area contributed by atoms with Crippen LogP contribution in [0.3, 0.4) is 0 Å². The van der Waals surface area contributed by atoms with E-state index in [1.807, 2.05) is 24.3 Å². The Morgan fingerprint density at radius 3 is 2.46 bits per heavy atom. The largest absolute Gasteiger partial charge is 0.484 e. The fourth-order valence-corrected chi connectivity index (χ4v) is 2.93. The Labute approximate surface area is 151 Å². The minimum Gasteiger partial charge on any atom is -0.484 e. The number of carbonyl (C=O) groups is 1. The molecule has 1 aliphatic heterocycles. The summed E-state index contributed by atoms with van der Waals surface area (Å²) in [7, 11) is 0. The molecule has 3 rings (SSSR count). The number of hydrogen-bond acceptors (Lipinski definition) is 3. The van der Waals surface area contributed by atoms with Crippen molar-refractivity contribution in [1.82, 2.24) is 0 Å². The van der Waals surface area contributed by atoms with E-state index in [-0.39, 0.29) is 18.3 Å². The first-order chi connectivity index (χ1) is 12.5.